The van der Waals surface area contributed by atoms with Crippen LogP contribution >= 0.6 is 0 Å². The van der Waals surface area contributed by atoms with Gasteiger partial charge in [-0.3, -0.25) is 0 Å². The molecule has 0 saturated carbocycles. The molecule has 94 valence electrons. The van der Waals surface area contributed by atoms with E-state index in [0.717, 1.165) is 24.8 Å². The average Bonchev–Trinajstić information content (AvgIpc) is 2.23. The van der Waals surface area contributed by atoms with E-state index in [1.807, 2.05) is 6.20 Å². The summed E-state index contributed by atoms with van der Waals surface area (Å²) in [6, 6.07) is 4.41. The first-order valence-electron chi connectivity index (χ1n) is 6.59. The van der Waals surface area contributed by atoms with Crippen molar-refractivity contribution in [1.29, 1.82) is 0 Å². The van der Waals surface area contributed by atoms with Crippen LogP contribution in [0.3, 0.4) is 0 Å². The Balaban J connectivity index is 2.08. The van der Waals surface area contributed by atoms with Crippen LogP contribution in [0, 0.1) is 11.3 Å². The van der Waals surface area contributed by atoms with E-state index in [1.165, 1.54) is 5.56 Å². The summed E-state index contributed by atoms with van der Waals surface area (Å²) in [5, 5.41) is 0. The van der Waals surface area contributed by atoms with Gasteiger partial charge in [0.1, 0.15) is 5.82 Å². The van der Waals surface area contributed by atoms with E-state index in [9.17, 15) is 0 Å². The molecule has 0 N–H and O–H groups in total. The van der Waals surface area contributed by atoms with Crippen molar-refractivity contribution in [2.75, 3.05) is 18.0 Å². The number of hydrogen-bond donors (Lipinski definition) is 0. The highest BCUT2D eigenvalue weighted by molar-refractivity contribution is 5.42. The van der Waals surface area contributed by atoms with Gasteiger partial charge in [0, 0.05) is 19.3 Å². The second kappa shape index (κ2) is 4.32. The Hall–Kier alpha value is -1.05. The molecule has 2 heteroatoms. The summed E-state index contributed by atoms with van der Waals surface area (Å²) in [7, 11) is 0. The highest BCUT2D eigenvalue weighted by atomic mass is 15.2. The Bertz CT molecular complexity index is 369. The van der Waals surface area contributed by atoms with Gasteiger partial charge >= 0.3 is 0 Å². The zero-order valence-electron chi connectivity index (χ0n) is 11.7. The van der Waals surface area contributed by atoms with Gasteiger partial charge in [-0.2, -0.15) is 0 Å². The largest absolute Gasteiger partial charge is 0.356 e. The summed E-state index contributed by atoms with van der Waals surface area (Å²) in [4.78, 5) is 6.94. The van der Waals surface area contributed by atoms with E-state index in [0.29, 0.717) is 11.3 Å². The molecule has 0 spiro atoms. The van der Waals surface area contributed by atoms with Crippen LogP contribution in [0.25, 0.3) is 0 Å². The fourth-order valence-electron chi connectivity index (χ4n) is 2.23. The molecule has 1 unspecified atom stereocenters. The summed E-state index contributed by atoms with van der Waals surface area (Å²) < 4.78 is 0. The van der Waals surface area contributed by atoms with Crippen molar-refractivity contribution in [2.24, 2.45) is 11.3 Å². The molecule has 1 aliphatic heterocycles. The number of anilines is 1. The monoisotopic (exact) mass is 232 g/mol. The number of nitrogens with zero attached hydrogens (tertiary/aromatic N) is 2. The fourth-order valence-corrected chi connectivity index (χ4v) is 2.23. The summed E-state index contributed by atoms with van der Waals surface area (Å²) in [5.41, 5.74) is 1.64. The third-order valence-electron chi connectivity index (χ3n) is 3.96. The lowest BCUT2D eigenvalue weighted by atomic mass is 9.78. The van der Waals surface area contributed by atoms with Crippen LogP contribution < -0.4 is 4.90 Å². The van der Waals surface area contributed by atoms with Gasteiger partial charge in [0.25, 0.3) is 0 Å². The van der Waals surface area contributed by atoms with Gasteiger partial charge in [-0.15, -0.1) is 0 Å². The van der Waals surface area contributed by atoms with Crippen LogP contribution in [0.2, 0.25) is 0 Å². The SMILES string of the molecule is CC1CN(c2ccc(C(C)C(C)(C)C)cn2)C1. The Morgan fingerprint density at radius 1 is 1.29 bits per heavy atom. The minimum absolute atomic E-state index is 0.300. The first-order chi connectivity index (χ1) is 7.88. The molecule has 17 heavy (non-hydrogen) atoms. The minimum atomic E-state index is 0.300. The lowest BCUT2D eigenvalue weighted by Crippen LogP contribution is -2.45. The van der Waals surface area contributed by atoms with Crippen molar-refractivity contribution in [2.45, 2.75) is 40.5 Å². The third-order valence-corrected chi connectivity index (χ3v) is 3.96. The van der Waals surface area contributed by atoms with Gasteiger partial charge in [0.15, 0.2) is 0 Å². The maximum Gasteiger partial charge on any atom is 0.128 e. The molecule has 0 radical (unpaired) electrons. The fraction of sp³-hybridized carbons (Fsp3) is 0.667. The molecule has 1 fully saturated rings. The topological polar surface area (TPSA) is 16.1 Å². The van der Waals surface area contributed by atoms with Crippen molar-refractivity contribution in [3.63, 3.8) is 0 Å². The Kier molecular flexibility index (Phi) is 3.15. The highest BCUT2D eigenvalue weighted by Gasteiger charge is 2.25. The van der Waals surface area contributed by atoms with Gasteiger partial charge in [-0.25, -0.2) is 4.98 Å². The van der Waals surface area contributed by atoms with Crippen LogP contribution in [-0.2, 0) is 0 Å². The van der Waals surface area contributed by atoms with E-state index in [2.05, 4.69) is 56.6 Å². The maximum absolute atomic E-state index is 4.60. The van der Waals surface area contributed by atoms with Gasteiger partial charge in [-0.05, 0) is 28.9 Å². The highest BCUT2D eigenvalue weighted by Crippen LogP contribution is 2.34. The predicted octanol–water partition coefficient (Wildman–Crippen LogP) is 3.69. The molecule has 1 aliphatic rings. The number of pyridine rings is 1. The molecule has 1 aromatic heterocycles. The molecule has 2 nitrogen and oxygen atoms in total. The lowest BCUT2D eigenvalue weighted by Gasteiger charge is -2.38. The predicted molar refractivity (Wildman–Crippen MR) is 73.5 cm³/mol. The van der Waals surface area contributed by atoms with Crippen LogP contribution in [0.1, 0.15) is 46.1 Å². The number of rotatable bonds is 2. The summed E-state index contributed by atoms with van der Waals surface area (Å²) in [5.74, 6) is 2.50. The van der Waals surface area contributed by atoms with E-state index >= 15 is 0 Å². The van der Waals surface area contributed by atoms with E-state index in [1.54, 1.807) is 0 Å². The Morgan fingerprint density at radius 2 is 1.94 bits per heavy atom. The second-order valence-electron chi connectivity index (χ2n) is 6.55. The van der Waals surface area contributed by atoms with E-state index in [-0.39, 0.29) is 0 Å². The molecule has 1 saturated heterocycles. The first kappa shape index (κ1) is 12.4. The Morgan fingerprint density at radius 3 is 2.35 bits per heavy atom. The summed E-state index contributed by atoms with van der Waals surface area (Å²) >= 11 is 0. The van der Waals surface area contributed by atoms with Crippen molar-refractivity contribution in [3.8, 4) is 0 Å². The summed E-state index contributed by atoms with van der Waals surface area (Å²) in [6.07, 6.45) is 2.05. The molecule has 0 aliphatic carbocycles. The summed E-state index contributed by atoms with van der Waals surface area (Å²) in [6.45, 7) is 13.7. The van der Waals surface area contributed by atoms with Crippen LogP contribution in [0.5, 0.6) is 0 Å². The van der Waals surface area contributed by atoms with Crippen LogP contribution in [0.15, 0.2) is 18.3 Å². The zero-order valence-corrected chi connectivity index (χ0v) is 11.7. The molecule has 1 aromatic rings. The molecule has 2 heterocycles. The maximum atomic E-state index is 4.60. The normalized spacial score (nSPS) is 19.0. The molecule has 0 amide bonds. The van der Waals surface area contributed by atoms with Crippen LogP contribution in [-0.4, -0.2) is 18.1 Å². The standard InChI is InChI=1S/C15H24N2/c1-11-9-17(10-11)14-7-6-13(8-16-14)12(2)15(3,4)5/h6-8,11-12H,9-10H2,1-5H3. The third kappa shape index (κ3) is 2.62. The van der Waals surface area contributed by atoms with Crippen molar-refractivity contribution in [3.05, 3.63) is 23.9 Å². The van der Waals surface area contributed by atoms with E-state index in [4.69, 9.17) is 0 Å². The van der Waals surface area contributed by atoms with Gasteiger partial charge in [0.05, 0.1) is 0 Å². The van der Waals surface area contributed by atoms with Gasteiger partial charge < -0.3 is 4.90 Å². The van der Waals surface area contributed by atoms with Crippen molar-refractivity contribution < 1.29 is 0 Å². The van der Waals surface area contributed by atoms with E-state index < -0.39 is 0 Å². The molecule has 1 atom stereocenters. The molecule has 2 rings (SSSR count). The zero-order chi connectivity index (χ0) is 12.6. The first-order valence-corrected chi connectivity index (χ1v) is 6.59. The van der Waals surface area contributed by atoms with Crippen molar-refractivity contribution >= 4 is 5.82 Å². The minimum Gasteiger partial charge on any atom is -0.356 e. The number of aromatic nitrogens is 1. The lowest BCUT2D eigenvalue weighted by molar-refractivity contribution is 0.339. The average molecular weight is 232 g/mol. The van der Waals surface area contributed by atoms with Crippen molar-refractivity contribution in [1.82, 2.24) is 4.98 Å². The Labute approximate surface area is 105 Å². The van der Waals surface area contributed by atoms with Gasteiger partial charge in [0.2, 0.25) is 0 Å². The molecular weight excluding hydrogens is 208 g/mol. The van der Waals surface area contributed by atoms with Gasteiger partial charge in [-0.1, -0.05) is 40.7 Å². The second-order valence-corrected chi connectivity index (χ2v) is 6.55. The smallest absolute Gasteiger partial charge is 0.128 e. The molecule has 0 aromatic carbocycles. The number of hydrogen-bond acceptors (Lipinski definition) is 2. The van der Waals surface area contributed by atoms with Crippen LogP contribution in [0.4, 0.5) is 5.82 Å². The molecule has 0 bridgehead atoms. The molecular formula is C15H24N2. The quantitative estimate of drug-likeness (QED) is 0.773.